The van der Waals surface area contributed by atoms with Crippen molar-refractivity contribution in [3.05, 3.63) is 29.3 Å². The van der Waals surface area contributed by atoms with Crippen LogP contribution in [0.4, 0.5) is 10.5 Å². The van der Waals surface area contributed by atoms with Gasteiger partial charge in [-0.2, -0.15) is 0 Å². The lowest BCUT2D eigenvalue weighted by molar-refractivity contribution is -0.153. The average Bonchev–Trinajstić information content (AvgIpc) is 3.13. The highest BCUT2D eigenvalue weighted by Crippen LogP contribution is 2.47. The molecule has 4 aliphatic heterocycles. The van der Waals surface area contributed by atoms with Crippen molar-refractivity contribution in [2.24, 2.45) is 10.4 Å². The molecule has 0 saturated carbocycles. The summed E-state index contributed by atoms with van der Waals surface area (Å²) < 4.78 is 6.01. The Morgan fingerprint density at radius 2 is 1.90 bits per heavy atom. The molecule has 0 bridgehead atoms. The first-order valence-electron chi connectivity index (χ1n) is 9.94. The Kier molecular flexibility index (Phi) is 3.97. The molecule has 0 aromatic heterocycles. The summed E-state index contributed by atoms with van der Waals surface area (Å²) in [5.41, 5.74) is 2.79. The summed E-state index contributed by atoms with van der Waals surface area (Å²) in [6.07, 6.45) is 1.14. The molecule has 1 aromatic rings. The highest BCUT2D eigenvalue weighted by Gasteiger charge is 2.62. The molecule has 30 heavy (non-hydrogen) atoms. The molecule has 4 amide bonds. The number of anilines is 1. The number of hydroxylamine groups is 1. The van der Waals surface area contributed by atoms with E-state index in [1.165, 1.54) is 6.34 Å². The van der Waals surface area contributed by atoms with Crippen molar-refractivity contribution >= 4 is 29.9 Å². The molecular weight excluding hydrogens is 390 g/mol. The van der Waals surface area contributed by atoms with Gasteiger partial charge in [0.25, 0.3) is 0 Å². The lowest BCUT2D eigenvalue weighted by atomic mass is 9.66. The molecule has 3 N–H and O–H groups in total. The van der Waals surface area contributed by atoms with E-state index in [4.69, 9.17) is 9.57 Å². The Morgan fingerprint density at radius 1 is 1.17 bits per heavy atom. The van der Waals surface area contributed by atoms with Gasteiger partial charge in [-0.25, -0.2) is 14.6 Å². The van der Waals surface area contributed by atoms with Crippen LogP contribution in [0, 0.1) is 5.41 Å². The van der Waals surface area contributed by atoms with Crippen LogP contribution in [0.2, 0.25) is 0 Å². The number of ether oxygens (including phenoxy) is 1. The van der Waals surface area contributed by atoms with Gasteiger partial charge in [0.15, 0.2) is 5.41 Å². The third-order valence-corrected chi connectivity index (χ3v) is 6.47. The number of nitrogens with one attached hydrogen (secondary N) is 3. The first-order chi connectivity index (χ1) is 14.2. The smallest absolute Gasteiger partial charge is 0.328 e. The quantitative estimate of drug-likeness (QED) is 0.567. The largest absolute Gasteiger partial charge is 0.372 e. The third-order valence-electron chi connectivity index (χ3n) is 6.47. The van der Waals surface area contributed by atoms with Gasteiger partial charge in [-0.3, -0.25) is 25.7 Å². The van der Waals surface area contributed by atoms with Crippen LogP contribution in [0.1, 0.15) is 31.9 Å². The molecule has 4 heterocycles. The maximum absolute atomic E-state index is 13.2. The Balaban J connectivity index is 1.67. The van der Waals surface area contributed by atoms with E-state index in [0.29, 0.717) is 6.54 Å². The van der Waals surface area contributed by atoms with E-state index in [1.54, 1.807) is 0 Å². The zero-order chi connectivity index (χ0) is 21.3. The van der Waals surface area contributed by atoms with Gasteiger partial charge in [0.05, 0.1) is 18.2 Å². The zero-order valence-electron chi connectivity index (χ0n) is 16.9. The van der Waals surface area contributed by atoms with Gasteiger partial charge in [0.2, 0.25) is 17.5 Å². The Bertz CT molecular complexity index is 974. The van der Waals surface area contributed by atoms with E-state index in [1.807, 2.05) is 39.0 Å². The number of nitrogens with zero attached hydrogens (tertiary/aromatic N) is 2. The van der Waals surface area contributed by atoms with E-state index >= 15 is 0 Å². The summed E-state index contributed by atoms with van der Waals surface area (Å²) in [5, 5.41) is 4.59. The van der Waals surface area contributed by atoms with Crippen LogP contribution in [-0.4, -0.2) is 49.0 Å². The SMILES string of the molecule is C[C@@H]1CN2c3ccc(C4(C)N=CNO4)cc3CC3(C(=O)NC(=O)NC3=O)[C@H]2[C@H](C)O1. The van der Waals surface area contributed by atoms with Gasteiger partial charge < -0.3 is 9.64 Å². The Labute approximate surface area is 172 Å². The predicted molar refractivity (Wildman–Crippen MR) is 105 cm³/mol. The lowest BCUT2D eigenvalue weighted by Gasteiger charge is -2.55. The van der Waals surface area contributed by atoms with Crippen LogP contribution in [0.15, 0.2) is 23.2 Å². The van der Waals surface area contributed by atoms with Gasteiger partial charge in [0.1, 0.15) is 6.34 Å². The number of fused-ring (bicyclic) bond motifs is 4. The lowest BCUT2D eigenvalue weighted by Crippen LogP contribution is -2.75. The van der Waals surface area contributed by atoms with Crippen molar-refractivity contribution in [3.8, 4) is 0 Å². The molecule has 2 saturated heterocycles. The summed E-state index contributed by atoms with van der Waals surface area (Å²) in [4.78, 5) is 50.0. The molecule has 4 aliphatic rings. The molecular formula is C20H23N5O5. The number of urea groups is 1. The fraction of sp³-hybridized carbons (Fsp3) is 0.500. The minimum Gasteiger partial charge on any atom is -0.372 e. The second kappa shape index (κ2) is 6.26. The normalized spacial score (nSPS) is 34.2. The number of amides is 4. The maximum Gasteiger partial charge on any atom is 0.328 e. The van der Waals surface area contributed by atoms with Crippen molar-refractivity contribution in [2.75, 3.05) is 11.4 Å². The fourth-order valence-corrected chi connectivity index (χ4v) is 5.19. The Morgan fingerprint density at radius 3 is 2.57 bits per heavy atom. The molecule has 1 unspecified atom stereocenters. The van der Waals surface area contributed by atoms with Gasteiger partial charge >= 0.3 is 6.03 Å². The Hall–Kier alpha value is -2.98. The van der Waals surface area contributed by atoms with Gasteiger partial charge in [0, 0.05) is 17.8 Å². The molecule has 158 valence electrons. The number of barbiturate groups is 1. The second-order valence-corrected chi connectivity index (χ2v) is 8.44. The fourth-order valence-electron chi connectivity index (χ4n) is 5.19. The molecule has 2 fully saturated rings. The molecule has 10 heteroatoms. The summed E-state index contributed by atoms with van der Waals surface area (Å²) in [6, 6.07) is 4.49. The van der Waals surface area contributed by atoms with Crippen LogP contribution in [0.25, 0.3) is 0 Å². The average molecular weight is 413 g/mol. The van der Waals surface area contributed by atoms with Crippen LogP contribution >= 0.6 is 0 Å². The minimum absolute atomic E-state index is 0.0836. The maximum atomic E-state index is 13.2. The number of carbonyl (C=O) groups is 3. The summed E-state index contributed by atoms with van der Waals surface area (Å²) in [6.45, 7) is 6.16. The molecule has 1 aromatic carbocycles. The van der Waals surface area contributed by atoms with E-state index < -0.39 is 41.1 Å². The van der Waals surface area contributed by atoms with E-state index in [9.17, 15) is 14.4 Å². The molecule has 10 nitrogen and oxygen atoms in total. The molecule has 4 atom stereocenters. The predicted octanol–water partition coefficient (Wildman–Crippen LogP) is 0.313. The van der Waals surface area contributed by atoms with Crippen LogP contribution in [0.3, 0.4) is 0 Å². The molecule has 5 rings (SSSR count). The van der Waals surface area contributed by atoms with E-state index in [2.05, 4.69) is 26.0 Å². The van der Waals surface area contributed by atoms with Crippen LogP contribution < -0.4 is 21.0 Å². The minimum atomic E-state index is -1.49. The standard InChI is InChI=1S/C20H23N5O5/c1-10-8-25-14-5-4-13(19(3)21-9-22-30-19)6-12(14)7-20(15(25)11(2)29-10)16(26)23-18(28)24-17(20)27/h4-6,9-11,15H,7-8H2,1-3H3,(H,21,22)(H2,23,24,26,27,28)/t10-,11+,15-,19?/m1/s1. The van der Waals surface area contributed by atoms with Gasteiger partial charge in [-0.1, -0.05) is 6.07 Å². The van der Waals surface area contributed by atoms with Crippen LogP contribution in [0.5, 0.6) is 0 Å². The number of rotatable bonds is 1. The van der Waals surface area contributed by atoms with E-state index in [-0.39, 0.29) is 12.5 Å². The number of benzene rings is 1. The molecule has 0 radical (unpaired) electrons. The van der Waals surface area contributed by atoms with E-state index in [0.717, 1.165) is 16.8 Å². The van der Waals surface area contributed by atoms with Crippen molar-refractivity contribution in [2.45, 2.75) is 51.2 Å². The van der Waals surface area contributed by atoms with Gasteiger partial charge in [-0.15, -0.1) is 0 Å². The van der Waals surface area contributed by atoms with Crippen molar-refractivity contribution < 1.29 is 24.0 Å². The second-order valence-electron chi connectivity index (χ2n) is 8.44. The number of hydrogen-bond acceptors (Lipinski definition) is 8. The van der Waals surface area contributed by atoms with Crippen LogP contribution in [-0.2, 0) is 31.3 Å². The van der Waals surface area contributed by atoms with Crippen molar-refractivity contribution in [1.29, 1.82) is 0 Å². The first-order valence-corrected chi connectivity index (χ1v) is 9.94. The molecule has 0 aliphatic carbocycles. The first kappa shape index (κ1) is 19.0. The molecule has 1 spiro atoms. The zero-order valence-corrected chi connectivity index (χ0v) is 16.9. The highest BCUT2D eigenvalue weighted by atomic mass is 16.7. The number of morpholine rings is 1. The topological polar surface area (TPSA) is 121 Å². The third kappa shape index (κ3) is 2.50. The summed E-state index contributed by atoms with van der Waals surface area (Å²) in [5.74, 6) is -1.20. The number of carbonyl (C=O) groups excluding carboxylic acids is 3. The van der Waals surface area contributed by atoms with Crippen molar-refractivity contribution in [3.63, 3.8) is 0 Å². The van der Waals surface area contributed by atoms with Gasteiger partial charge in [-0.05, 0) is 44.9 Å². The number of aliphatic imine (C=N–C) groups is 1. The summed E-state index contributed by atoms with van der Waals surface area (Å²) >= 11 is 0. The summed E-state index contributed by atoms with van der Waals surface area (Å²) in [7, 11) is 0. The monoisotopic (exact) mass is 413 g/mol. The highest BCUT2D eigenvalue weighted by molar-refractivity contribution is 6.20. The van der Waals surface area contributed by atoms with Crippen molar-refractivity contribution in [1.82, 2.24) is 16.1 Å². The number of imide groups is 2. The number of hydrogen-bond donors (Lipinski definition) is 3.